The summed E-state index contributed by atoms with van der Waals surface area (Å²) in [4.78, 5) is 27.9. The van der Waals surface area contributed by atoms with Crippen LogP contribution >= 0.6 is 15.9 Å². The minimum Gasteiger partial charge on any atom is -0.483 e. The summed E-state index contributed by atoms with van der Waals surface area (Å²) in [6.45, 7) is 10.2. The number of hydrogen-bond donors (Lipinski definition) is 1. The van der Waals surface area contributed by atoms with E-state index in [9.17, 15) is 9.59 Å². The molecule has 174 valence electrons. The molecule has 0 aliphatic carbocycles. The third-order valence-corrected chi connectivity index (χ3v) is 6.24. The molecule has 0 heterocycles. The van der Waals surface area contributed by atoms with Crippen LogP contribution in [0.25, 0.3) is 0 Å². The van der Waals surface area contributed by atoms with E-state index in [4.69, 9.17) is 4.74 Å². The molecule has 5 nitrogen and oxygen atoms in total. The highest BCUT2D eigenvalue weighted by molar-refractivity contribution is 9.10. The highest BCUT2D eigenvalue weighted by Gasteiger charge is 2.29. The Balaban J connectivity index is 2.22. The molecule has 6 heteroatoms. The van der Waals surface area contributed by atoms with Crippen LogP contribution in [0.5, 0.6) is 5.75 Å². The van der Waals surface area contributed by atoms with E-state index in [0.29, 0.717) is 18.7 Å². The Labute approximate surface area is 200 Å². The number of nitrogens with one attached hydrogen (secondary N) is 1. The molecule has 0 saturated heterocycles. The molecule has 0 spiro atoms. The van der Waals surface area contributed by atoms with Gasteiger partial charge in [0.15, 0.2) is 6.61 Å². The minimum atomic E-state index is -0.563. The van der Waals surface area contributed by atoms with Gasteiger partial charge in [-0.2, -0.15) is 0 Å². The van der Waals surface area contributed by atoms with Crippen LogP contribution in [0.3, 0.4) is 0 Å². The van der Waals surface area contributed by atoms with Gasteiger partial charge in [0, 0.05) is 12.6 Å². The molecule has 2 aromatic carbocycles. The molecule has 32 heavy (non-hydrogen) atoms. The van der Waals surface area contributed by atoms with Crippen molar-refractivity contribution in [3.8, 4) is 5.75 Å². The van der Waals surface area contributed by atoms with Crippen LogP contribution in [-0.4, -0.2) is 35.4 Å². The van der Waals surface area contributed by atoms with Gasteiger partial charge in [0.05, 0.1) is 4.47 Å². The maximum Gasteiger partial charge on any atom is 0.261 e. The Bertz CT molecular complexity index is 898. The number of carbonyl (C=O) groups excluding carboxylic acids is 2. The highest BCUT2D eigenvalue weighted by Crippen LogP contribution is 2.26. The summed E-state index contributed by atoms with van der Waals surface area (Å²) in [6.07, 6.45) is 2.28. The number of carbonyl (C=O) groups is 2. The first-order valence-electron chi connectivity index (χ1n) is 11.4. The van der Waals surface area contributed by atoms with E-state index in [2.05, 4.69) is 28.2 Å². The van der Waals surface area contributed by atoms with Gasteiger partial charge in [0.2, 0.25) is 5.91 Å². The van der Waals surface area contributed by atoms with Gasteiger partial charge in [-0.25, -0.2) is 0 Å². The number of halogens is 1. The number of rotatable bonds is 11. The third-order valence-electron chi connectivity index (χ3n) is 5.62. The molecule has 0 aliphatic heterocycles. The number of amides is 2. The standard InChI is InChI=1S/C26H35BrN2O3/c1-6-19(5)28-26(31)23(8-3)29(16-21-11-9-18(4)10-12-21)25(30)17-32-24-14-13-20(7-2)15-22(24)27/h9-15,19,23H,6-8,16-17H2,1-5H3,(H,28,31)/t19-,23+/m0/s1. The minimum absolute atomic E-state index is 0.0529. The summed E-state index contributed by atoms with van der Waals surface area (Å²) in [7, 11) is 0. The second kappa shape index (κ2) is 12.6. The first-order valence-corrected chi connectivity index (χ1v) is 12.1. The summed E-state index contributed by atoms with van der Waals surface area (Å²) in [5.74, 6) is 0.266. The first-order chi connectivity index (χ1) is 15.3. The predicted octanol–water partition coefficient (Wildman–Crippen LogP) is 5.42. The molecule has 0 bridgehead atoms. The van der Waals surface area contributed by atoms with Crippen LogP contribution < -0.4 is 10.1 Å². The van der Waals surface area contributed by atoms with Gasteiger partial charge >= 0.3 is 0 Å². The smallest absolute Gasteiger partial charge is 0.261 e. The lowest BCUT2D eigenvalue weighted by molar-refractivity contribution is -0.143. The zero-order valence-electron chi connectivity index (χ0n) is 19.8. The third kappa shape index (κ3) is 7.37. The maximum absolute atomic E-state index is 13.3. The van der Waals surface area contributed by atoms with Crippen LogP contribution in [0, 0.1) is 6.92 Å². The normalized spacial score (nSPS) is 12.7. The first kappa shape index (κ1) is 25.9. The van der Waals surface area contributed by atoms with Crippen molar-refractivity contribution in [2.75, 3.05) is 6.61 Å². The van der Waals surface area contributed by atoms with E-state index < -0.39 is 6.04 Å². The van der Waals surface area contributed by atoms with Gasteiger partial charge in [0.25, 0.3) is 5.91 Å². The Hall–Kier alpha value is -2.34. The van der Waals surface area contributed by atoms with Crippen molar-refractivity contribution in [1.29, 1.82) is 0 Å². The Morgan fingerprint density at radius 2 is 1.69 bits per heavy atom. The van der Waals surface area contributed by atoms with Crippen molar-refractivity contribution in [2.45, 2.75) is 72.5 Å². The van der Waals surface area contributed by atoms with Crippen molar-refractivity contribution in [2.24, 2.45) is 0 Å². The predicted molar refractivity (Wildman–Crippen MR) is 133 cm³/mol. The number of hydrogen-bond acceptors (Lipinski definition) is 3. The van der Waals surface area contributed by atoms with E-state index >= 15 is 0 Å². The number of ether oxygens (including phenoxy) is 1. The molecule has 2 amide bonds. The van der Waals surface area contributed by atoms with Gasteiger partial charge in [-0.15, -0.1) is 0 Å². The fraction of sp³-hybridized carbons (Fsp3) is 0.462. The van der Waals surface area contributed by atoms with Crippen molar-refractivity contribution < 1.29 is 14.3 Å². The van der Waals surface area contributed by atoms with E-state index in [1.165, 1.54) is 5.56 Å². The SMILES string of the molecule is CCc1ccc(OCC(=O)N(Cc2ccc(C)cc2)[C@H](CC)C(=O)N[C@@H](C)CC)c(Br)c1. The second-order valence-corrected chi connectivity index (χ2v) is 9.01. The topological polar surface area (TPSA) is 58.6 Å². The van der Waals surface area contributed by atoms with E-state index in [1.54, 1.807) is 4.90 Å². The number of nitrogens with zero attached hydrogens (tertiary/aromatic N) is 1. The van der Waals surface area contributed by atoms with Crippen LogP contribution in [0.2, 0.25) is 0 Å². The Morgan fingerprint density at radius 1 is 1.03 bits per heavy atom. The van der Waals surface area contributed by atoms with Gasteiger partial charge in [-0.1, -0.05) is 56.7 Å². The van der Waals surface area contributed by atoms with Crippen LogP contribution in [-0.2, 0) is 22.6 Å². The molecular weight excluding hydrogens is 468 g/mol. The molecule has 2 aromatic rings. The summed E-state index contributed by atoms with van der Waals surface area (Å²) >= 11 is 3.52. The van der Waals surface area contributed by atoms with E-state index in [0.717, 1.165) is 28.4 Å². The molecular formula is C26H35BrN2O3. The van der Waals surface area contributed by atoms with Gasteiger partial charge in [-0.3, -0.25) is 9.59 Å². The van der Waals surface area contributed by atoms with Crippen molar-refractivity contribution in [3.05, 3.63) is 63.6 Å². The van der Waals surface area contributed by atoms with E-state index in [-0.39, 0.29) is 24.5 Å². The average molecular weight is 503 g/mol. The fourth-order valence-corrected chi connectivity index (χ4v) is 3.90. The van der Waals surface area contributed by atoms with Crippen molar-refractivity contribution >= 4 is 27.7 Å². The largest absolute Gasteiger partial charge is 0.483 e. The average Bonchev–Trinajstić information content (AvgIpc) is 2.78. The zero-order valence-corrected chi connectivity index (χ0v) is 21.4. The number of aryl methyl sites for hydroxylation is 2. The molecule has 0 radical (unpaired) electrons. The van der Waals surface area contributed by atoms with Gasteiger partial charge in [-0.05, 0) is 72.3 Å². The molecule has 2 rings (SSSR count). The lowest BCUT2D eigenvalue weighted by Gasteiger charge is -2.31. The molecule has 2 atom stereocenters. The second-order valence-electron chi connectivity index (χ2n) is 8.16. The lowest BCUT2D eigenvalue weighted by atomic mass is 10.1. The van der Waals surface area contributed by atoms with Crippen LogP contribution in [0.15, 0.2) is 46.9 Å². The summed E-state index contributed by atoms with van der Waals surface area (Å²) < 4.78 is 6.66. The maximum atomic E-state index is 13.3. The molecule has 0 aromatic heterocycles. The van der Waals surface area contributed by atoms with Crippen LogP contribution in [0.4, 0.5) is 0 Å². The quantitative estimate of drug-likeness (QED) is 0.446. The highest BCUT2D eigenvalue weighted by atomic mass is 79.9. The Morgan fingerprint density at radius 3 is 2.25 bits per heavy atom. The van der Waals surface area contributed by atoms with Gasteiger partial charge in [0.1, 0.15) is 11.8 Å². The lowest BCUT2D eigenvalue weighted by Crippen LogP contribution is -2.51. The van der Waals surface area contributed by atoms with Gasteiger partial charge < -0.3 is 15.0 Å². The van der Waals surface area contributed by atoms with E-state index in [1.807, 2.05) is 70.2 Å². The molecule has 0 saturated carbocycles. The zero-order chi connectivity index (χ0) is 23.7. The van der Waals surface area contributed by atoms with Crippen LogP contribution in [0.1, 0.15) is 57.2 Å². The summed E-state index contributed by atoms with van der Waals surface area (Å²) in [5.41, 5.74) is 3.31. The van der Waals surface area contributed by atoms with Crippen molar-refractivity contribution in [3.63, 3.8) is 0 Å². The fourth-order valence-electron chi connectivity index (χ4n) is 3.35. The monoisotopic (exact) mass is 502 g/mol. The molecule has 0 fully saturated rings. The summed E-state index contributed by atoms with van der Waals surface area (Å²) in [6, 6.07) is 13.4. The molecule has 0 unspecified atom stereocenters. The Kier molecular flexibility index (Phi) is 10.2. The van der Waals surface area contributed by atoms with Crippen molar-refractivity contribution in [1.82, 2.24) is 10.2 Å². The molecule has 0 aliphatic rings. The molecule has 1 N–H and O–H groups in total. The number of benzene rings is 2. The summed E-state index contributed by atoms with van der Waals surface area (Å²) in [5, 5.41) is 3.03.